The molecule has 3 nitrogen and oxygen atoms in total. The van der Waals surface area contributed by atoms with E-state index in [0.717, 1.165) is 11.4 Å². The van der Waals surface area contributed by atoms with Crippen LogP contribution in [0.3, 0.4) is 0 Å². The Kier molecular flexibility index (Phi) is 5.12. The van der Waals surface area contributed by atoms with Crippen LogP contribution in [0, 0.1) is 5.92 Å². The van der Waals surface area contributed by atoms with Crippen molar-refractivity contribution in [3.05, 3.63) is 24.3 Å². The van der Waals surface area contributed by atoms with Crippen molar-refractivity contribution in [2.24, 2.45) is 5.92 Å². The molecule has 0 heterocycles. The minimum absolute atomic E-state index is 0.176. The Morgan fingerprint density at radius 3 is 2.25 bits per heavy atom. The highest BCUT2D eigenvalue weighted by Crippen LogP contribution is 2.19. The zero-order chi connectivity index (χ0) is 12.0. The average molecular weight is 223 g/mol. The first-order valence-electron chi connectivity index (χ1n) is 5.73. The Balaban J connectivity index is 2.62. The van der Waals surface area contributed by atoms with Gasteiger partial charge in [0.15, 0.2) is 0 Å². The van der Waals surface area contributed by atoms with E-state index in [1.807, 2.05) is 38.2 Å². The van der Waals surface area contributed by atoms with Crippen LogP contribution in [0.15, 0.2) is 24.3 Å². The van der Waals surface area contributed by atoms with Crippen LogP contribution in [0.25, 0.3) is 0 Å². The highest BCUT2D eigenvalue weighted by molar-refractivity contribution is 5.45. The largest absolute Gasteiger partial charge is 0.465 e. The summed E-state index contributed by atoms with van der Waals surface area (Å²) in [6.45, 7) is 6.81. The molecule has 0 saturated carbocycles. The van der Waals surface area contributed by atoms with E-state index < -0.39 is 0 Å². The van der Waals surface area contributed by atoms with Crippen molar-refractivity contribution in [2.45, 2.75) is 27.1 Å². The predicted molar refractivity (Wildman–Crippen MR) is 66.9 cm³/mol. The molecule has 0 aliphatic carbocycles. The van der Waals surface area contributed by atoms with Gasteiger partial charge in [0.1, 0.15) is 5.75 Å². The van der Waals surface area contributed by atoms with Gasteiger partial charge in [0.2, 0.25) is 6.29 Å². The maximum absolute atomic E-state index is 5.77. The van der Waals surface area contributed by atoms with Gasteiger partial charge in [-0.15, -0.1) is 0 Å². The Morgan fingerprint density at radius 1 is 1.19 bits per heavy atom. The molecule has 3 heteroatoms. The third-order valence-electron chi connectivity index (χ3n) is 2.27. The smallest absolute Gasteiger partial charge is 0.202 e. The van der Waals surface area contributed by atoms with Crippen LogP contribution in [-0.2, 0) is 4.74 Å². The van der Waals surface area contributed by atoms with E-state index in [0.29, 0.717) is 12.5 Å². The van der Waals surface area contributed by atoms with Gasteiger partial charge in [-0.1, -0.05) is 13.8 Å². The van der Waals surface area contributed by atoms with Crippen molar-refractivity contribution in [3.8, 4) is 5.75 Å². The first-order chi connectivity index (χ1) is 7.67. The maximum Gasteiger partial charge on any atom is 0.202 e. The van der Waals surface area contributed by atoms with Gasteiger partial charge in [0.25, 0.3) is 0 Å². The Labute approximate surface area is 97.8 Å². The highest BCUT2D eigenvalue weighted by atomic mass is 16.7. The first-order valence-corrected chi connectivity index (χ1v) is 5.73. The molecule has 16 heavy (non-hydrogen) atoms. The van der Waals surface area contributed by atoms with Gasteiger partial charge in [-0.2, -0.15) is 0 Å². The minimum Gasteiger partial charge on any atom is -0.465 e. The quantitative estimate of drug-likeness (QED) is 0.752. The molecular weight excluding hydrogens is 202 g/mol. The van der Waals surface area contributed by atoms with E-state index in [2.05, 4.69) is 19.2 Å². The highest BCUT2D eigenvalue weighted by Gasteiger charge is 2.14. The van der Waals surface area contributed by atoms with Crippen LogP contribution in [0.5, 0.6) is 5.75 Å². The summed E-state index contributed by atoms with van der Waals surface area (Å²) in [7, 11) is 1.90. The summed E-state index contributed by atoms with van der Waals surface area (Å²) in [5.41, 5.74) is 1.07. The monoisotopic (exact) mass is 223 g/mol. The number of hydrogen-bond donors (Lipinski definition) is 1. The fraction of sp³-hybridized carbons (Fsp3) is 0.538. The summed E-state index contributed by atoms with van der Waals surface area (Å²) in [6.07, 6.45) is -0.176. The zero-order valence-electron chi connectivity index (χ0n) is 10.5. The summed E-state index contributed by atoms with van der Waals surface area (Å²) in [5.74, 6) is 1.18. The van der Waals surface area contributed by atoms with Crippen LogP contribution in [0.2, 0.25) is 0 Å². The SMILES string of the molecule is CCOC(Oc1ccc(NC)cc1)C(C)C. The molecule has 0 spiro atoms. The van der Waals surface area contributed by atoms with Crippen molar-refractivity contribution in [1.29, 1.82) is 0 Å². The predicted octanol–water partition coefficient (Wildman–Crippen LogP) is 3.13. The molecule has 0 radical (unpaired) electrons. The Bertz CT molecular complexity index is 295. The van der Waals surface area contributed by atoms with Gasteiger partial charge in [0.05, 0.1) is 0 Å². The van der Waals surface area contributed by atoms with Gasteiger partial charge in [0, 0.05) is 25.3 Å². The molecule has 1 unspecified atom stereocenters. The normalized spacial score (nSPS) is 12.6. The Morgan fingerprint density at radius 2 is 1.81 bits per heavy atom. The fourth-order valence-corrected chi connectivity index (χ4v) is 1.36. The van der Waals surface area contributed by atoms with E-state index >= 15 is 0 Å². The molecule has 0 aliphatic heterocycles. The van der Waals surface area contributed by atoms with Crippen molar-refractivity contribution in [1.82, 2.24) is 0 Å². The van der Waals surface area contributed by atoms with Gasteiger partial charge in [-0.3, -0.25) is 0 Å². The fourth-order valence-electron chi connectivity index (χ4n) is 1.36. The molecule has 90 valence electrons. The molecule has 0 aromatic heterocycles. The van der Waals surface area contributed by atoms with E-state index in [-0.39, 0.29) is 6.29 Å². The third-order valence-corrected chi connectivity index (χ3v) is 2.27. The lowest BCUT2D eigenvalue weighted by atomic mass is 10.2. The molecule has 1 aromatic carbocycles. The minimum atomic E-state index is -0.176. The first kappa shape index (κ1) is 12.8. The molecule has 0 bridgehead atoms. The van der Waals surface area contributed by atoms with Crippen molar-refractivity contribution < 1.29 is 9.47 Å². The van der Waals surface area contributed by atoms with E-state index in [9.17, 15) is 0 Å². The van der Waals surface area contributed by atoms with Gasteiger partial charge in [-0.05, 0) is 31.2 Å². The topological polar surface area (TPSA) is 30.5 Å². The van der Waals surface area contributed by atoms with Crippen LogP contribution in [0.4, 0.5) is 5.69 Å². The molecule has 0 aliphatic rings. The zero-order valence-corrected chi connectivity index (χ0v) is 10.5. The van der Waals surface area contributed by atoms with Crippen LogP contribution >= 0.6 is 0 Å². The summed E-state index contributed by atoms with van der Waals surface area (Å²) in [6, 6.07) is 7.86. The van der Waals surface area contributed by atoms with Crippen molar-refractivity contribution >= 4 is 5.69 Å². The summed E-state index contributed by atoms with van der Waals surface area (Å²) in [5, 5.41) is 3.07. The molecule has 1 rings (SSSR count). The lowest BCUT2D eigenvalue weighted by molar-refractivity contribution is -0.103. The lowest BCUT2D eigenvalue weighted by Gasteiger charge is -2.22. The molecular formula is C13H21NO2. The summed E-state index contributed by atoms with van der Waals surface area (Å²) < 4.78 is 11.3. The Hall–Kier alpha value is -1.22. The molecule has 0 fully saturated rings. The molecule has 0 amide bonds. The number of nitrogens with one attached hydrogen (secondary N) is 1. The standard InChI is InChI=1S/C13H21NO2/c1-5-15-13(10(2)3)16-12-8-6-11(14-4)7-9-12/h6-10,13-14H,5H2,1-4H3. The van der Waals surface area contributed by atoms with Gasteiger partial charge in [-0.25, -0.2) is 0 Å². The van der Waals surface area contributed by atoms with E-state index in [1.165, 1.54) is 0 Å². The second-order valence-electron chi connectivity index (χ2n) is 3.96. The second kappa shape index (κ2) is 6.38. The van der Waals surface area contributed by atoms with Gasteiger partial charge < -0.3 is 14.8 Å². The second-order valence-corrected chi connectivity index (χ2v) is 3.96. The third kappa shape index (κ3) is 3.74. The van der Waals surface area contributed by atoms with Gasteiger partial charge >= 0.3 is 0 Å². The van der Waals surface area contributed by atoms with Crippen LogP contribution in [-0.4, -0.2) is 19.9 Å². The molecule has 1 atom stereocenters. The molecule has 1 N–H and O–H groups in total. The van der Waals surface area contributed by atoms with E-state index in [1.54, 1.807) is 0 Å². The van der Waals surface area contributed by atoms with E-state index in [4.69, 9.17) is 9.47 Å². The van der Waals surface area contributed by atoms with Crippen LogP contribution in [0.1, 0.15) is 20.8 Å². The van der Waals surface area contributed by atoms with Crippen LogP contribution < -0.4 is 10.1 Å². The summed E-state index contributed by atoms with van der Waals surface area (Å²) in [4.78, 5) is 0. The number of benzene rings is 1. The number of ether oxygens (including phenoxy) is 2. The maximum atomic E-state index is 5.77. The molecule has 0 saturated heterocycles. The number of hydrogen-bond acceptors (Lipinski definition) is 3. The number of anilines is 1. The molecule has 1 aromatic rings. The lowest BCUT2D eigenvalue weighted by Crippen LogP contribution is -2.26. The van der Waals surface area contributed by atoms with Crippen molar-refractivity contribution in [3.63, 3.8) is 0 Å². The number of rotatable bonds is 6. The summed E-state index contributed by atoms with van der Waals surface area (Å²) >= 11 is 0. The van der Waals surface area contributed by atoms with Crippen molar-refractivity contribution in [2.75, 3.05) is 19.0 Å². The average Bonchev–Trinajstić information content (AvgIpc) is 2.29.